The lowest BCUT2D eigenvalue weighted by atomic mass is 10.2. The number of nitrogens with two attached hydrogens (primary N) is 1. The molecular weight excluding hydrogens is 268 g/mol. The second kappa shape index (κ2) is 6.06. The van der Waals surface area contributed by atoms with Crippen molar-refractivity contribution in [2.75, 3.05) is 12.3 Å². The van der Waals surface area contributed by atoms with Crippen molar-refractivity contribution in [2.24, 2.45) is 0 Å². The van der Waals surface area contributed by atoms with Crippen molar-refractivity contribution in [3.8, 4) is 0 Å². The van der Waals surface area contributed by atoms with Crippen LogP contribution >= 0.6 is 11.3 Å². The van der Waals surface area contributed by atoms with Gasteiger partial charge >= 0.3 is 0 Å². The summed E-state index contributed by atoms with van der Waals surface area (Å²) in [6, 6.07) is 0.535. The number of hydrogen-bond donors (Lipinski definition) is 1. The van der Waals surface area contributed by atoms with Gasteiger partial charge in [-0.05, 0) is 39.3 Å². The minimum absolute atomic E-state index is 0.535. The van der Waals surface area contributed by atoms with Crippen LogP contribution in [0.5, 0.6) is 0 Å². The van der Waals surface area contributed by atoms with Crippen molar-refractivity contribution < 1.29 is 0 Å². The monoisotopic (exact) mass is 292 g/mol. The maximum atomic E-state index is 6.13. The van der Waals surface area contributed by atoms with Crippen molar-refractivity contribution in [3.63, 3.8) is 0 Å². The Morgan fingerprint density at radius 1 is 1.25 bits per heavy atom. The molecule has 2 heterocycles. The van der Waals surface area contributed by atoms with Gasteiger partial charge in [-0.15, -0.1) is 11.3 Å². The second-order valence-electron chi connectivity index (χ2n) is 5.31. The topological polar surface area (TPSA) is 55.0 Å². The Kier molecular flexibility index (Phi) is 4.60. The number of thiophene rings is 1. The number of fused-ring (bicyclic) bond motifs is 1. The predicted molar refractivity (Wildman–Crippen MR) is 87.1 cm³/mol. The van der Waals surface area contributed by atoms with E-state index in [0.29, 0.717) is 11.9 Å². The third-order valence-corrected chi connectivity index (χ3v) is 5.17. The molecule has 0 aliphatic heterocycles. The normalized spacial score (nSPS) is 13.3. The van der Waals surface area contributed by atoms with Crippen LogP contribution in [-0.4, -0.2) is 27.5 Å². The van der Waals surface area contributed by atoms with Crippen LogP contribution in [0.2, 0.25) is 0 Å². The molecule has 2 rings (SSSR count). The molecule has 2 aromatic heterocycles. The van der Waals surface area contributed by atoms with Crippen LogP contribution in [0.1, 0.15) is 43.5 Å². The average Bonchev–Trinajstić information content (AvgIpc) is 2.70. The van der Waals surface area contributed by atoms with Crippen molar-refractivity contribution >= 4 is 27.4 Å². The molecule has 0 amide bonds. The molecule has 4 nitrogen and oxygen atoms in total. The zero-order valence-corrected chi connectivity index (χ0v) is 13.8. The molecule has 5 heteroatoms. The maximum Gasteiger partial charge on any atom is 0.146 e. The van der Waals surface area contributed by atoms with Gasteiger partial charge in [-0.3, -0.25) is 4.90 Å². The van der Waals surface area contributed by atoms with Gasteiger partial charge in [0.2, 0.25) is 0 Å². The van der Waals surface area contributed by atoms with Gasteiger partial charge in [0.05, 0.1) is 11.9 Å². The van der Waals surface area contributed by atoms with Crippen LogP contribution in [0.25, 0.3) is 10.2 Å². The first-order chi connectivity index (χ1) is 9.47. The van der Waals surface area contributed by atoms with Crippen molar-refractivity contribution in [2.45, 2.75) is 53.6 Å². The van der Waals surface area contributed by atoms with E-state index in [-0.39, 0.29) is 0 Å². The van der Waals surface area contributed by atoms with Crippen molar-refractivity contribution in [1.82, 2.24) is 14.9 Å². The number of nitrogen functional groups attached to an aromatic ring is 1. The van der Waals surface area contributed by atoms with E-state index in [1.54, 1.807) is 11.3 Å². The summed E-state index contributed by atoms with van der Waals surface area (Å²) in [6.45, 7) is 12.6. The van der Waals surface area contributed by atoms with Gasteiger partial charge in [-0.2, -0.15) is 0 Å². The van der Waals surface area contributed by atoms with E-state index < -0.39 is 0 Å². The highest BCUT2D eigenvalue weighted by Gasteiger charge is 2.16. The van der Waals surface area contributed by atoms with Crippen LogP contribution < -0.4 is 5.73 Å². The van der Waals surface area contributed by atoms with Crippen LogP contribution in [0.3, 0.4) is 0 Å². The highest BCUT2D eigenvalue weighted by molar-refractivity contribution is 7.18. The lowest BCUT2D eigenvalue weighted by Crippen LogP contribution is -2.32. The van der Waals surface area contributed by atoms with Crippen LogP contribution in [0.15, 0.2) is 0 Å². The summed E-state index contributed by atoms with van der Waals surface area (Å²) >= 11 is 1.71. The Morgan fingerprint density at radius 2 is 1.95 bits per heavy atom. The number of nitrogens with zero attached hydrogens (tertiary/aromatic N) is 3. The van der Waals surface area contributed by atoms with Gasteiger partial charge in [0, 0.05) is 10.9 Å². The third kappa shape index (κ3) is 2.79. The van der Waals surface area contributed by atoms with E-state index >= 15 is 0 Å². The average molecular weight is 292 g/mol. The van der Waals surface area contributed by atoms with E-state index in [1.165, 1.54) is 10.4 Å². The molecule has 0 bridgehead atoms. The first kappa shape index (κ1) is 15.2. The van der Waals surface area contributed by atoms with Crippen molar-refractivity contribution in [1.29, 1.82) is 0 Å². The lowest BCUT2D eigenvalue weighted by molar-refractivity contribution is 0.201. The van der Waals surface area contributed by atoms with E-state index in [0.717, 1.165) is 35.6 Å². The summed E-state index contributed by atoms with van der Waals surface area (Å²) in [6.07, 6.45) is 1.13. The van der Waals surface area contributed by atoms with E-state index in [2.05, 4.69) is 44.5 Å². The van der Waals surface area contributed by atoms with Gasteiger partial charge < -0.3 is 5.73 Å². The molecule has 0 spiro atoms. The predicted octanol–water partition coefficient (Wildman–Crippen LogP) is 3.51. The molecule has 2 aromatic rings. The van der Waals surface area contributed by atoms with Gasteiger partial charge in [0.15, 0.2) is 0 Å². The van der Waals surface area contributed by atoms with E-state index in [1.807, 2.05) is 0 Å². The molecule has 20 heavy (non-hydrogen) atoms. The molecule has 0 aromatic carbocycles. The van der Waals surface area contributed by atoms with E-state index in [4.69, 9.17) is 10.7 Å². The molecule has 0 fully saturated rings. The molecule has 110 valence electrons. The zero-order chi connectivity index (χ0) is 14.9. The fourth-order valence-corrected chi connectivity index (χ4v) is 3.47. The zero-order valence-electron chi connectivity index (χ0n) is 13.0. The minimum Gasteiger partial charge on any atom is -0.383 e. The minimum atomic E-state index is 0.535. The van der Waals surface area contributed by atoms with Gasteiger partial charge in [-0.1, -0.05) is 13.8 Å². The first-order valence-electron chi connectivity index (χ1n) is 7.24. The SMILES string of the molecule is CCC(C)N(CC)Cc1nc(N)c2c(C)c(C)sc2n1. The van der Waals surface area contributed by atoms with E-state index in [9.17, 15) is 0 Å². The third-order valence-electron chi connectivity index (χ3n) is 4.07. The number of rotatable bonds is 5. The highest BCUT2D eigenvalue weighted by atomic mass is 32.1. The summed E-state index contributed by atoms with van der Waals surface area (Å²) in [5, 5.41) is 1.03. The summed E-state index contributed by atoms with van der Waals surface area (Å²) in [4.78, 5) is 13.9. The molecular formula is C15H24N4S. The lowest BCUT2D eigenvalue weighted by Gasteiger charge is -2.26. The molecule has 0 saturated heterocycles. The number of aromatic nitrogens is 2. The van der Waals surface area contributed by atoms with Crippen LogP contribution in [-0.2, 0) is 6.54 Å². The van der Waals surface area contributed by atoms with Gasteiger partial charge in [0.1, 0.15) is 16.5 Å². The smallest absolute Gasteiger partial charge is 0.146 e. The second-order valence-corrected chi connectivity index (χ2v) is 6.51. The Morgan fingerprint density at radius 3 is 2.55 bits per heavy atom. The summed E-state index contributed by atoms with van der Waals surface area (Å²) < 4.78 is 0. The first-order valence-corrected chi connectivity index (χ1v) is 8.05. The molecule has 2 N–H and O–H groups in total. The summed E-state index contributed by atoms with van der Waals surface area (Å²) in [5.74, 6) is 1.45. The molecule has 1 atom stereocenters. The molecule has 0 saturated carbocycles. The molecule has 0 aliphatic carbocycles. The fraction of sp³-hybridized carbons (Fsp3) is 0.600. The van der Waals surface area contributed by atoms with Crippen LogP contribution in [0, 0.1) is 13.8 Å². The number of anilines is 1. The Bertz CT molecular complexity index is 605. The molecule has 0 aliphatic rings. The highest BCUT2D eigenvalue weighted by Crippen LogP contribution is 2.32. The summed E-state index contributed by atoms with van der Waals surface area (Å²) in [5.41, 5.74) is 7.35. The Balaban J connectivity index is 2.36. The molecule has 1 unspecified atom stereocenters. The van der Waals surface area contributed by atoms with Crippen molar-refractivity contribution in [3.05, 3.63) is 16.3 Å². The number of aryl methyl sites for hydroxylation is 2. The van der Waals surface area contributed by atoms with Gasteiger partial charge in [0.25, 0.3) is 0 Å². The maximum absolute atomic E-state index is 6.13. The standard InChI is InChI=1S/C15H24N4S/c1-6-9(3)19(7-2)8-12-17-14(16)13-10(4)11(5)20-15(13)18-12/h9H,6-8H2,1-5H3,(H2,16,17,18). The van der Waals surface area contributed by atoms with Crippen LogP contribution in [0.4, 0.5) is 5.82 Å². The Hall–Kier alpha value is -1.20. The number of hydrogen-bond acceptors (Lipinski definition) is 5. The Labute approximate surface area is 125 Å². The largest absolute Gasteiger partial charge is 0.383 e. The molecule has 0 radical (unpaired) electrons. The quantitative estimate of drug-likeness (QED) is 0.916. The fourth-order valence-electron chi connectivity index (χ4n) is 2.42. The summed E-state index contributed by atoms with van der Waals surface area (Å²) in [7, 11) is 0. The van der Waals surface area contributed by atoms with Gasteiger partial charge in [-0.25, -0.2) is 9.97 Å².